The van der Waals surface area contributed by atoms with E-state index in [0.717, 1.165) is 0 Å². The van der Waals surface area contributed by atoms with Crippen LogP contribution in [-0.2, 0) is 6.54 Å². The third-order valence-electron chi connectivity index (χ3n) is 4.73. The number of carbonyl (C=O) groups excluding carboxylic acids is 2. The molecule has 0 aliphatic carbocycles. The topological polar surface area (TPSA) is 71.3 Å². The van der Waals surface area contributed by atoms with Gasteiger partial charge >= 0.3 is 0 Å². The predicted molar refractivity (Wildman–Crippen MR) is 102 cm³/mol. The van der Waals surface area contributed by atoms with Gasteiger partial charge in [0.25, 0.3) is 11.8 Å². The first-order valence-corrected chi connectivity index (χ1v) is 9.86. The number of aromatic nitrogens is 3. The minimum Gasteiger partial charge on any atom is -0.334 e. The molecule has 10 heteroatoms. The molecule has 0 spiro atoms. The van der Waals surface area contributed by atoms with Gasteiger partial charge in [-0.15, -0.1) is 16.4 Å². The van der Waals surface area contributed by atoms with Crippen LogP contribution in [0.4, 0.5) is 8.78 Å². The average molecular weight is 417 g/mol. The number of halogens is 2. The zero-order valence-corrected chi connectivity index (χ0v) is 16.1. The number of thiophene rings is 1. The molecule has 1 saturated heterocycles. The van der Waals surface area contributed by atoms with Crippen LogP contribution in [-0.4, -0.2) is 62.8 Å². The maximum atomic E-state index is 13.8. The lowest BCUT2D eigenvalue weighted by Crippen LogP contribution is -2.50. The van der Waals surface area contributed by atoms with Crippen LogP contribution in [0.15, 0.2) is 41.9 Å². The van der Waals surface area contributed by atoms with Gasteiger partial charge in [0.1, 0.15) is 11.6 Å². The summed E-state index contributed by atoms with van der Waals surface area (Å²) in [5, 5.41) is 9.50. The molecular formula is C19H17F2N5O2S. The molecule has 7 nitrogen and oxygen atoms in total. The molecule has 3 aromatic rings. The molecule has 1 fully saturated rings. The molecule has 150 valence electrons. The zero-order chi connectivity index (χ0) is 20.4. The standard InChI is InChI=1S/C19H17F2N5O2S/c20-14-3-1-4-15(21)13(14)11-26-12-16(22-23-26)18(27)24-6-8-25(9-7-24)19(28)17-5-2-10-29-17/h1-5,10,12H,6-9,11H2. The third kappa shape index (κ3) is 4.02. The van der Waals surface area contributed by atoms with Crippen molar-refractivity contribution in [2.45, 2.75) is 6.54 Å². The Hall–Kier alpha value is -3.14. The summed E-state index contributed by atoms with van der Waals surface area (Å²) in [4.78, 5) is 29.0. The molecule has 4 rings (SSSR count). The van der Waals surface area contributed by atoms with E-state index < -0.39 is 11.6 Å². The molecule has 0 N–H and O–H groups in total. The molecular weight excluding hydrogens is 400 g/mol. The van der Waals surface area contributed by atoms with Crippen molar-refractivity contribution >= 4 is 23.2 Å². The lowest BCUT2D eigenvalue weighted by atomic mass is 10.2. The second kappa shape index (κ2) is 8.08. The second-order valence-corrected chi connectivity index (χ2v) is 7.51. The summed E-state index contributed by atoms with van der Waals surface area (Å²) in [6.45, 7) is 1.45. The van der Waals surface area contributed by atoms with E-state index in [2.05, 4.69) is 10.3 Å². The molecule has 1 aromatic carbocycles. The van der Waals surface area contributed by atoms with Crippen LogP contribution in [0.3, 0.4) is 0 Å². The van der Waals surface area contributed by atoms with Gasteiger partial charge in [-0.25, -0.2) is 13.5 Å². The van der Waals surface area contributed by atoms with E-state index in [0.29, 0.717) is 31.1 Å². The van der Waals surface area contributed by atoms with E-state index in [9.17, 15) is 18.4 Å². The van der Waals surface area contributed by atoms with Gasteiger partial charge in [-0.05, 0) is 23.6 Å². The Morgan fingerprint density at radius 1 is 0.966 bits per heavy atom. The molecule has 2 aromatic heterocycles. The Balaban J connectivity index is 1.38. The van der Waals surface area contributed by atoms with E-state index in [1.807, 2.05) is 11.4 Å². The van der Waals surface area contributed by atoms with Crippen molar-refractivity contribution in [1.29, 1.82) is 0 Å². The Kier molecular flexibility index (Phi) is 5.34. The molecule has 0 radical (unpaired) electrons. The van der Waals surface area contributed by atoms with Crippen molar-refractivity contribution in [3.63, 3.8) is 0 Å². The third-order valence-corrected chi connectivity index (χ3v) is 5.58. The van der Waals surface area contributed by atoms with Crippen molar-refractivity contribution in [3.05, 3.63) is 69.7 Å². The van der Waals surface area contributed by atoms with Gasteiger partial charge < -0.3 is 9.80 Å². The fourth-order valence-electron chi connectivity index (χ4n) is 3.15. The SMILES string of the molecule is O=C(c1cn(Cc2c(F)cccc2F)nn1)N1CCN(C(=O)c2cccs2)CC1. The fraction of sp³-hybridized carbons (Fsp3) is 0.263. The first-order valence-electron chi connectivity index (χ1n) is 8.98. The van der Waals surface area contributed by atoms with Crippen LogP contribution in [0.5, 0.6) is 0 Å². The highest BCUT2D eigenvalue weighted by atomic mass is 32.1. The number of carbonyl (C=O) groups is 2. The number of benzene rings is 1. The number of hydrogen-bond donors (Lipinski definition) is 0. The van der Waals surface area contributed by atoms with E-state index in [-0.39, 0.29) is 29.6 Å². The maximum absolute atomic E-state index is 13.8. The predicted octanol–water partition coefficient (Wildman–Crippen LogP) is 2.26. The van der Waals surface area contributed by atoms with Crippen molar-refractivity contribution in [2.75, 3.05) is 26.2 Å². The van der Waals surface area contributed by atoms with E-state index >= 15 is 0 Å². The minimum atomic E-state index is -0.681. The monoisotopic (exact) mass is 417 g/mol. The quantitative estimate of drug-likeness (QED) is 0.653. The van der Waals surface area contributed by atoms with Crippen LogP contribution >= 0.6 is 11.3 Å². The van der Waals surface area contributed by atoms with Gasteiger partial charge in [-0.2, -0.15) is 0 Å². The first kappa shape index (κ1) is 19.2. The first-order chi connectivity index (χ1) is 14.0. The summed E-state index contributed by atoms with van der Waals surface area (Å²) < 4.78 is 28.8. The number of hydrogen-bond acceptors (Lipinski definition) is 5. The molecule has 3 heterocycles. The highest BCUT2D eigenvalue weighted by molar-refractivity contribution is 7.12. The van der Waals surface area contributed by atoms with Crippen molar-refractivity contribution in [3.8, 4) is 0 Å². The van der Waals surface area contributed by atoms with Crippen LogP contribution < -0.4 is 0 Å². The summed E-state index contributed by atoms with van der Waals surface area (Å²) in [6.07, 6.45) is 1.37. The highest BCUT2D eigenvalue weighted by Crippen LogP contribution is 2.16. The van der Waals surface area contributed by atoms with Gasteiger partial charge in [0.15, 0.2) is 5.69 Å². The summed E-state index contributed by atoms with van der Waals surface area (Å²) in [5.74, 6) is -1.72. The number of piperazine rings is 1. The van der Waals surface area contributed by atoms with E-state index in [1.54, 1.807) is 15.9 Å². The highest BCUT2D eigenvalue weighted by Gasteiger charge is 2.27. The zero-order valence-electron chi connectivity index (χ0n) is 15.3. The smallest absolute Gasteiger partial charge is 0.276 e. The number of amides is 2. The van der Waals surface area contributed by atoms with Crippen LogP contribution in [0.25, 0.3) is 0 Å². The van der Waals surface area contributed by atoms with Crippen LogP contribution in [0.2, 0.25) is 0 Å². The molecule has 1 aliphatic rings. The molecule has 0 bridgehead atoms. The van der Waals surface area contributed by atoms with Crippen molar-refractivity contribution in [2.24, 2.45) is 0 Å². The molecule has 0 saturated carbocycles. The largest absolute Gasteiger partial charge is 0.334 e. The van der Waals surface area contributed by atoms with Crippen molar-refractivity contribution < 1.29 is 18.4 Å². The summed E-state index contributed by atoms with van der Waals surface area (Å²) in [7, 11) is 0. The molecule has 2 amide bonds. The van der Waals surface area contributed by atoms with Gasteiger partial charge in [0, 0.05) is 31.7 Å². The minimum absolute atomic E-state index is 0.0371. The Bertz CT molecular complexity index is 1010. The molecule has 0 unspecified atom stereocenters. The maximum Gasteiger partial charge on any atom is 0.276 e. The van der Waals surface area contributed by atoms with Crippen LogP contribution in [0, 0.1) is 11.6 Å². The lowest BCUT2D eigenvalue weighted by molar-refractivity contribution is 0.0535. The summed E-state index contributed by atoms with van der Waals surface area (Å²) in [6, 6.07) is 7.22. The number of rotatable bonds is 4. The molecule has 0 atom stereocenters. The Morgan fingerprint density at radius 2 is 1.62 bits per heavy atom. The van der Waals surface area contributed by atoms with Crippen LogP contribution in [0.1, 0.15) is 25.7 Å². The average Bonchev–Trinajstić information content (AvgIpc) is 3.42. The van der Waals surface area contributed by atoms with E-state index in [4.69, 9.17) is 0 Å². The lowest BCUT2D eigenvalue weighted by Gasteiger charge is -2.34. The normalized spacial score (nSPS) is 14.3. The van der Waals surface area contributed by atoms with Gasteiger partial charge in [-0.3, -0.25) is 9.59 Å². The van der Waals surface area contributed by atoms with Crippen molar-refractivity contribution in [1.82, 2.24) is 24.8 Å². The van der Waals surface area contributed by atoms with Gasteiger partial charge in [0.05, 0.1) is 17.6 Å². The van der Waals surface area contributed by atoms with Gasteiger partial charge in [0.2, 0.25) is 0 Å². The Morgan fingerprint density at radius 3 is 2.24 bits per heavy atom. The Labute approximate surface area is 169 Å². The van der Waals surface area contributed by atoms with E-state index in [1.165, 1.54) is 40.4 Å². The molecule has 1 aliphatic heterocycles. The summed E-state index contributed by atoms with van der Waals surface area (Å²) >= 11 is 1.39. The summed E-state index contributed by atoms with van der Waals surface area (Å²) in [5.41, 5.74) is -0.0446. The van der Waals surface area contributed by atoms with Gasteiger partial charge in [-0.1, -0.05) is 17.3 Å². The second-order valence-electron chi connectivity index (χ2n) is 6.56. The molecule has 29 heavy (non-hydrogen) atoms. The fourth-order valence-corrected chi connectivity index (χ4v) is 3.84. The number of nitrogens with zero attached hydrogens (tertiary/aromatic N) is 5.